The van der Waals surface area contributed by atoms with E-state index in [0.29, 0.717) is 23.7 Å². The van der Waals surface area contributed by atoms with Gasteiger partial charge in [0, 0.05) is 30.8 Å². The lowest BCUT2D eigenvalue weighted by Crippen LogP contribution is -2.48. The monoisotopic (exact) mass is 343 g/mol. The number of aromatic nitrogens is 3. The van der Waals surface area contributed by atoms with Gasteiger partial charge >= 0.3 is 0 Å². The number of nitrogens with zero attached hydrogens (tertiary/aromatic N) is 4. The van der Waals surface area contributed by atoms with Gasteiger partial charge in [-0.1, -0.05) is 0 Å². The number of rotatable bonds is 3. The fourth-order valence-corrected chi connectivity index (χ4v) is 4.73. The molecule has 0 aromatic carbocycles. The van der Waals surface area contributed by atoms with Gasteiger partial charge < -0.3 is 10.2 Å². The zero-order valence-corrected chi connectivity index (χ0v) is 14.0. The molecule has 0 radical (unpaired) electrons. The average molecular weight is 343 g/mol. The molecule has 0 bridgehead atoms. The number of amides is 2. The zero-order chi connectivity index (χ0) is 16.7. The van der Waals surface area contributed by atoms with Gasteiger partial charge in [-0.15, -0.1) is 11.8 Å². The number of carbonyl (C=O) groups is 2. The van der Waals surface area contributed by atoms with Crippen molar-refractivity contribution >= 4 is 29.3 Å². The third-order valence-electron chi connectivity index (χ3n) is 4.51. The molecule has 2 fully saturated rings. The Morgan fingerprint density at radius 2 is 2.29 bits per heavy atom. The summed E-state index contributed by atoms with van der Waals surface area (Å²) >= 11 is 1.68. The number of pyridine rings is 1. The Kier molecular flexibility index (Phi) is 3.56. The van der Waals surface area contributed by atoms with E-state index in [2.05, 4.69) is 15.4 Å². The van der Waals surface area contributed by atoms with Crippen LogP contribution in [0.5, 0.6) is 0 Å². The number of nitrogens with one attached hydrogen (secondary N) is 1. The normalized spacial score (nSPS) is 25.8. The molecule has 1 N–H and O–H groups in total. The first-order valence-corrected chi connectivity index (χ1v) is 8.79. The van der Waals surface area contributed by atoms with Crippen LogP contribution in [0.25, 0.3) is 5.82 Å². The minimum Gasteiger partial charge on any atom is -0.321 e. The first kappa shape index (κ1) is 15.2. The van der Waals surface area contributed by atoms with Crippen LogP contribution in [0.4, 0.5) is 5.69 Å². The lowest BCUT2D eigenvalue weighted by atomic mass is 10.2. The van der Waals surface area contributed by atoms with Crippen LogP contribution in [0.15, 0.2) is 36.8 Å². The second kappa shape index (κ2) is 5.62. The summed E-state index contributed by atoms with van der Waals surface area (Å²) in [6.07, 6.45) is 6.39. The van der Waals surface area contributed by atoms with Gasteiger partial charge in [-0.05, 0) is 31.5 Å². The third kappa shape index (κ3) is 2.37. The fraction of sp³-hybridized carbons (Fsp3) is 0.375. The van der Waals surface area contributed by atoms with Crippen molar-refractivity contribution in [2.75, 3.05) is 11.1 Å². The molecule has 0 saturated carbocycles. The van der Waals surface area contributed by atoms with Gasteiger partial charge in [-0.2, -0.15) is 5.10 Å². The van der Waals surface area contributed by atoms with Crippen LogP contribution in [0.3, 0.4) is 0 Å². The van der Waals surface area contributed by atoms with E-state index >= 15 is 0 Å². The summed E-state index contributed by atoms with van der Waals surface area (Å²) in [5.41, 5.74) is 0.580. The van der Waals surface area contributed by atoms with Crippen molar-refractivity contribution in [2.45, 2.75) is 30.7 Å². The molecule has 7 nitrogen and oxygen atoms in total. The molecular weight excluding hydrogens is 326 g/mol. The Morgan fingerprint density at radius 1 is 1.42 bits per heavy atom. The molecule has 4 rings (SSSR count). The second-order valence-electron chi connectivity index (χ2n) is 6.08. The van der Waals surface area contributed by atoms with Crippen molar-refractivity contribution < 1.29 is 9.59 Å². The largest absolute Gasteiger partial charge is 0.321 e. The molecule has 24 heavy (non-hydrogen) atoms. The van der Waals surface area contributed by atoms with E-state index in [4.69, 9.17) is 0 Å². The summed E-state index contributed by atoms with van der Waals surface area (Å²) in [6.45, 7) is 2.04. The molecule has 2 saturated heterocycles. The highest BCUT2D eigenvalue weighted by molar-refractivity contribution is 8.01. The second-order valence-corrected chi connectivity index (χ2v) is 7.58. The topological polar surface area (TPSA) is 80.1 Å². The lowest BCUT2D eigenvalue weighted by Gasteiger charge is -2.29. The number of thioether (sulfide) groups is 1. The number of anilines is 1. The molecule has 2 aromatic rings. The van der Waals surface area contributed by atoms with Crippen molar-refractivity contribution in [2.24, 2.45) is 0 Å². The number of hydrogen-bond acceptors (Lipinski definition) is 5. The molecule has 0 unspecified atom stereocenters. The van der Waals surface area contributed by atoms with Crippen LogP contribution in [0, 0.1) is 0 Å². The van der Waals surface area contributed by atoms with E-state index in [0.717, 1.165) is 6.42 Å². The molecule has 4 heterocycles. The van der Waals surface area contributed by atoms with E-state index in [1.807, 2.05) is 6.92 Å². The van der Waals surface area contributed by atoms with Crippen molar-refractivity contribution in [1.82, 2.24) is 19.7 Å². The minimum atomic E-state index is -0.444. The molecule has 0 spiro atoms. The number of hydrogen-bond donors (Lipinski definition) is 1. The Bertz CT molecular complexity index is 794. The summed E-state index contributed by atoms with van der Waals surface area (Å²) in [7, 11) is 0. The maximum atomic E-state index is 12.8. The molecule has 8 heteroatoms. The molecule has 2 aromatic heterocycles. The van der Waals surface area contributed by atoms with Gasteiger partial charge in [-0.25, -0.2) is 9.67 Å². The SMILES string of the molecule is C[C@]12CCC(=O)N1[C@H](C(=O)Nc1cccnc1-n1cccn1)CS2. The van der Waals surface area contributed by atoms with Gasteiger partial charge in [0.2, 0.25) is 11.8 Å². The molecule has 0 aliphatic carbocycles. The van der Waals surface area contributed by atoms with E-state index in [1.165, 1.54) is 0 Å². The van der Waals surface area contributed by atoms with Crippen molar-refractivity contribution in [3.05, 3.63) is 36.8 Å². The van der Waals surface area contributed by atoms with Gasteiger partial charge in [0.1, 0.15) is 6.04 Å². The summed E-state index contributed by atoms with van der Waals surface area (Å²) in [5, 5.41) is 7.08. The summed E-state index contributed by atoms with van der Waals surface area (Å²) in [4.78, 5) is 30.8. The quantitative estimate of drug-likeness (QED) is 0.917. The summed E-state index contributed by atoms with van der Waals surface area (Å²) in [5.74, 6) is 1.05. The predicted octanol–water partition coefficient (Wildman–Crippen LogP) is 1.66. The van der Waals surface area contributed by atoms with E-state index in [1.54, 1.807) is 58.1 Å². The first-order valence-electron chi connectivity index (χ1n) is 7.80. The molecule has 124 valence electrons. The Labute approximate surface area is 143 Å². The zero-order valence-electron chi connectivity index (χ0n) is 13.2. The molecule has 2 amide bonds. The molecule has 2 atom stereocenters. The van der Waals surface area contributed by atoms with Crippen LogP contribution in [0.1, 0.15) is 19.8 Å². The van der Waals surface area contributed by atoms with Crippen LogP contribution in [-0.4, -0.2) is 48.1 Å². The first-order chi connectivity index (χ1) is 11.6. The van der Waals surface area contributed by atoms with Gasteiger partial charge in [0.05, 0.1) is 10.6 Å². The Balaban J connectivity index is 1.59. The van der Waals surface area contributed by atoms with E-state index in [9.17, 15) is 9.59 Å². The summed E-state index contributed by atoms with van der Waals surface area (Å²) in [6, 6.07) is 4.90. The summed E-state index contributed by atoms with van der Waals surface area (Å²) < 4.78 is 1.60. The van der Waals surface area contributed by atoms with Crippen LogP contribution in [-0.2, 0) is 9.59 Å². The van der Waals surface area contributed by atoms with Gasteiger partial charge in [0.25, 0.3) is 0 Å². The van der Waals surface area contributed by atoms with Crippen LogP contribution in [0.2, 0.25) is 0 Å². The molecular formula is C16H17N5O2S. The highest BCUT2D eigenvalue weighted by atomic mass is 32.2. The smallest absolute Gasteiger partial charge is 0.248 e. The highest BCUT2D eigenvalue weighted by Gasteiger charge is 2.52. The lowest BCUT2D eigenvalue weighted by molar-refractivity contribution is -0.135. The van der Waals surface area contributed by atoms with E-state index in [-0.39, 0.29) is 16.7 Å². The van der Waals surface area contributed by atoms with Crippen molar-refractivity contribution in [1.29, 1.82) is 0 Å². The van der Waals surface area contributed by atoms with Gasteiger partial charge in [-0.3, -0.25) is 9.59 Å². The standard InChI is InChI=1S/C16H17N5O2S/c1-16-6-5-13(22)21(16)12(10-24-16)15(23)19-11-4-2-7-17-14(11)20-9-3-8-18-20/h2-4,7-9,12H,5-6,10H2,1H3,(H,19,23)/t12-,16-/m0/s1. The van der Waals surface area contributed by atoms with Crippen molar-refractivity contribution in [3.63, 3.8) is 0 Å². The number of carbonyl (C=O) groups excluding carboxylic acids is 2. The Hall–Kier alpha value is -2.35. The van der Waals surface area contributed by atoms with Gasteiger partial charge in [0.15, 0.2) is 5.82 Å². The highest BCUT2D eigenvalue weighted by Crippen LogP contribution is 2.47. The van der Waals surface area contributed by atoms with E-state index < -0.39 is 6.04 Å². The van der Waals surface area contributed by atoms with Crippen LogP contribution < -0.4 is 5.32 Å². The van der Waals surface area contributed by atoms with Crippen LogP contribution >= 0.6 is 11.8 Å². The maximum absolute atomic E-state index is 12.8. The molecule has 2 aliphatic rings. The Morgan fingerprint density at radius 3 is 3.08 bits per heavy atom. The minimum absolute atomic E-state index is 0.0566. The van der Waals surface area contributed by atoms with Crippen molar-refractivity contribution in [3.8, 4) is 5.82 Å². The maximum Gasteiger partial charge on any atom is 0.248 e. The average Bonchev–Trinajstić information content (AvgIpc) is 3.26. The number of fused-ring (bicyclic) bond motifs is 1. The third-order valence-corrected chi connectivity index (χ3v) is 6.02. The predicted molar refractivity (Wildman–Crippen MR) is 90.7 cm³/mol. The molecule has 2 aliphatic heterocycles. The fourth-order valence-electron chi connectivity index (χ4n) is 3.30.